The second kappa shape index (κ2) is 5.60. The van der Waals surface area contributed by atoms with Gasteiger partial charge in [-0.15, -0.1) is 11.3 Å². The summed E-state index contributed by atoms with van der Waals surface area (Å²) in [4.78, 5) is 11.4. The average Bonchev–Trinajstić information content (AvgIpc) is 2.92. The van der Waals surface area contributed by atoms with Crippen LogP contribution in [0.25, 0.3) is 0 Å². The molecule has 0 bridgehead atoms. The summed E-state index contributed by atoms with van der Waals surface area (Å²) in [6.07, 6.45) is 3.78. The van der Waals surface area contributed by atoms with Gasteiger partial charge in [-0.05, 0) is 24.3 Å². The third-order valence-electron chi connectivity index (χ3n) is 3.62. The molecule has 1 fully saturated rings. The Bertz CT molecular complexity index is 530. The number of carboxylic acids is 1. The van der Waals surface area contributed by atoms with Crippen molar-refractivity contribution in [3.8, 4) is 0 Å². The van der Waals surface area contributed by atoms with Crippen molar-refractivity contribution >= 4 is 27.3 Å². The Balaban J connectivity index is 2.09. The molecule has 0 saturated heterocycles. The van der Waals surface area contributed by atoms with Gasteiger partial charge in [-0.3, -0.25) is 4.79 Å². The van der Waals surface area contributed by atoms with E-state index >= 15 is 0 Å². The summed E-state index contributed by atoms with van der Waals surface area (Å²) in [7, 11) is -3.58. The van der Waals surface area contributed by atoms with Crippen LogP contribution in [0, 0.1) is 5.41 Å². The Labute approximate surface area is 116 Å². The number of carbonyl (C=O) groups is 1. The van der Waals surface area contributed by atoms with Gasteiger partial charge in [-0.1, -0.05) is 25.3 Å². The third kappa shape index (κ3) is 3.16. The molecule has 0 unspecified atom stereocenters. The lowest BCUT2D eigenvalue weighted by atomic mass is 9.74. The fraction of sp³-hybridized carbons (Fsp3) is 0.583. The van der Waals surface area contributed by atoms with Crippen LogP contribution in [0.4, 0.5) is 0 Å². The van der Waals surface area contributed by atoms with Crippen molar-refractivity contribution in [1.29, 1.82) is 0 Å². The van der Waals surface area contributed by atoms with E-state index in [-0.39, 0.29) is 10.8 Å². The van der Waals surface area contributed by atoms with Gasteiger partial charge in [0, 0.05) is 6.54 Å². The van der Waals surface area contributed by atoms with Gasteiger partial charge in [0.2, 0.25) is 10.0 Å². The highest BCUT2D eigenvalue weighted by Gasteiger charge is 2.40. The Morgan fingerprint density at radius 1 is 1.37 bits per heavy atom. The summed E-state index contributed by atoms with van der Waals surface area (Å²) in [5.74, 6) is -0.902. The first-order valence-electron chi connectivity index (χ1n) is 6.23. The van der Waals surface area contributed by atoms with Crippen LogP contribution in [0.3, 0.4) is 0 Å². The largest absolute Gasteiger partial charge is 0.481 e. The van der Waals surface area contributed by atoms with E-state index in [1.807, 2.05) is 0 Å². The topological polar surface area (TPSA) is 83.5 Å². The van der Waals surface area contributed by atoms with Crippen molar-refractivity contribution in [2.24, 2.45) is 5.41 Å². The van der Waals surface area contributed by atoms with Crippen LogP contribution in [0.5, 0.6) is 0 Å². The lowest BCUT2D eigenvalue weighted by Gasteiger charge is -2.33. The Hall–Kier alpha value is -0.920. The number of sulfonamides is 1. The number of hydrogen-bond acceptors (Lipinski definition) is 4. The van der Waals surface area contributed by atoms with Crippen molar-refractivity contribution < 1.29 is 18.3 Å². The molecule has 0 atom stereocenters. The van der Waals surface area contributed by atoms with Crippen molar-refractivity contribution in [3.05, 3.63) is 17.5 Å². The summed E-state index contributed by atoms with van der Waals surface area (Å²) < 4.78 is 26.7. The maximum atomic E-state index is 12.0. The molecule has 0 aromatic carbocycles. The van der Waals surface area contributed by atoms with Crippen molar-refractivity contribution in [3.63, 3.8) is 0 Å². The highest BCUT2D eigenvalue weighted by molar-refractivity contribution is 7.91. The fourth-order valence-electron chi connectivity index (χ4n) is 2.42. The van der Waals surface area contributed by atoms with Crippen molar-refractivity contribution in [1.82, 2.24) is 4.72 Å². The fourth-order valence-corrected chi connectivity index (χ4v) is 4.58. The summed E-state index contributed by atoms with van der Waals surface area (Å²) in [5.41, 5.74) is -0.942. The Morgan fingerprint density at radius 3 is 2.58 bits per heavy atom. The van der Waals surface area contributed by atoms with Gasteiger partial charge in [0.05, 0.1) is 5.41 Å². The van der Waals surface area contributed by atoms with Crippen LogP contribution in [-0.4, -0.2) is 26.0 Å². The predicted octanol–water partition coefficient (Wildman–Crippen LogP) is 2.06. The smallest absolute Gasteiger partial charge is 0.310 e. The zero-order chi connectivity index (χ0) is 13.9. The van der Waals surface area contributed by atoms with Gasteiger partial charge < -0.3 is 5.11 Å². The molecule has 1 aromatic heterocycles. The van der Waals surface area contributed by atoms with Crippen LogP contribution in [0.1, 0.15) is 32.1 Å². The van der Waals surface area contributed by atoms with E-state index in [1.165, 1.54) is 6.07 Å². The van der Waals surface area contributed by atoms with Gasteiger partial charge in [-0.25, -0.2) is 13.1 Å². The molecule has 1 aliphatic rings. The molecule has 19 heavy (non-hydrogen) atoms. The SMILES string of the molecule is O=C(O)C1(CNS(=O)(=O)c2cccs2)CCCCC1. The van der Waals surface area contributed by atoms with E-state index in [9.17, 15) is 18.3 Å². The summed E-state index contributed by atoms with van der Waals surface area (Å²) in [6.45, 7) is -0.0252. The van der Waals surface area contributed by atoms with Crippen LogP contribution < -0.4 is 4.72 Å². The zero-order valence-corrected chi connectivity index (χ0v) is 12.1. The third-order valence-corrected chi connectivity index (χ3v) is 6.42. The number of carboxylic acid groups (broad SMARTS) is 1. The van der Waals surface area contributed by atoms with E-state index in [2.05, 4.69) is 4.72 Å². The molecular formula is C12H17NO4S2. The van der Waals surface area contributed by atoms with Gasteiger partial charge >= 0.3 is 5.97 Å². The van der Waals surface area contributed by atoms with E-state index in [4.69, 9.17) is 0 Å². The molecule has 5 nitrogen and oxygen atoms in total. The lowest BCUT2D eigenvalue weighted by molar-refractivity contribution is -0.150. The van der Waals surface area contributed by atoms with Crippen LogP contribution in [0.15, 0.2) is 21.7 Å². The first kappa shape index (κ1) is 14.5. The van der Waals surface area contributed by atoms with E-state index in [0.717, 1.165) is 30.6 Å². The molecule has 2 N–H and O–H groups in total. The second-order valence-corrected chi connectivity index (χ2v) is 7.84. The predicted molar refractivity (Wildman–Crippen MR) is 72.7 cm³/mol. The van der Waals surface area contributed by atoms with E-state index in [1.54, 1.807) is 11.4 Å². The molecule has 1 aliphatic carbocycles. The van der Waals surface area contributed by atoms with E-state index < -0.39 is 21.4 Å². The van der Waals surface area contributed by atoms with Gasteiger partial charge in [0.15, 0.2) is 0 Å². The molecule has 106 valence electrons. The van der Waals surface area contributed by atoms with Crippen LogP contribution in [0.2, 0.25) is 0 Å². The molecular weight excluding hydrogens is 286 g/mol. The number of hydrogen-bond donors (Lipinski definition) is 2. The van der Waals surface area contributed by atoms with Crippen LogP contribution >= 0.6 is 11.3 Å². The molecule has 1 aromatic rings. The first-order chi connectivity index (χ1) is 8.96. The Morgan fingerprint density at radius 2 is 2.05 bits per heavy atom. The highest BCUT2D eigenvalue weighted by Crippen LogP contribution is 2.36. The van der Waals surface area contributed by atoms with Crippen LogP contribution in [-0.2, 0) is 14.8 Å². The number of thiophene rings is 1. The first-order valence-corrected chi connectivity index (χ1v) is 8.59. The second-order valence-electron chi connectivity index (χ2n) is 4.90. The maximum absolute atomic E-state index is 12.0. The average molecular weight is 303 g/mol. The zero-order valence-electron chi connectivity index (χ0n) is 10.5. The Kier molecular flexibility index (Phi) is 4.27. The van der Waals surface area contributed by atoms with Gasteiger partial charge in [-0.2, -0.15) is 0 Å². The standard InChI is InChI=1S/C12H17NO4S2/c14-11(15)12(6-2-1-3-7-12)9-13-19(16,17)10-5-4-8-18-10/h4-5,8,13H,1-3,6-7,9H2,(H,14,15). The number of rotatable bonds is 5. The quantitative estimate of drug-likeness (QED) is 0.872. The molecule has 0 spiro atoms. The maximum Gasteiger partial charge on any atom is 0.310 e. The van der Waals surface area contributed by atoms with Crippen molar-refractivity contribution in [2.45, 2.75) is 36.3 Å². The highest BCUT2D eigenvalue weighted by atomic mass is 32.2. The molecule has 0 aliphatic heterocycles. The summed E-state index contributed by atoms with van der Waals surface area (Å²) in [5, 5.41) is 11.1. The minimum atomic E-state index is -3.58. The molecule has 0 radical (unpaired) electrons. The minimum absolute atomic E-state index is 0.0252. The molecule has 1 saturated carbocycles. The van der Waals surface area contributed by atoms with E-state index in [0.29, 0.717) is 12.8 Å². The van der Waals surface area contributed by atoms with Gasteiger partial charge in [0.25, 0.3) is 0 Å². The molecule has 2 rings (SSSR count). The summed E-state index contributed by atoms with van der Waals surface area (Å²) in [6, 6.07) is 3.17. The lowest BCUT2D eigenvalue weighted by Crippen LogP contribution is -2.44. The monoisotopic (exact) mass is 303 g/mol. The number of aliphatic carboxylic acids is 1. The molecule has 7 heteroatoms. The molecule has 0 amide bonds. The van der Waals surface area contributed by atoms with Gasteiger partial charge in [0.1, 0.15) is 4.21 Å². The van der Waals surface area contributed by atoms with Crippen molar-refractivity contribution in [2.75, 3.05) is 6.54 Å². The normalized spacial score (nSPS) is 19.2. The minimum Gasteiger partial charge on any atom is -0.481 e. The number of nitrogens with one attached hydrogen (secondary N) is 1. The summed E-state index contributed by atoms with van der Waals surface area (Å²) >= 11 is 1.13. The molecule has 1 heterocycles.